The van der Waals surface area contributed by atoms with Crippen molar-refractivity contribution in [3.05, 3.63) is 47.0 Å². The number of benzene rings is 2. The van der Waals surface area contributed by atoms with E-state index in [-0.39, 0.29) is 16.7 Å². The Hall–Kier alpha value is -2.55. The van der Waals surface area contributed by atoms with Crippen LogP contribution in [0.4, 0.5) is 10.8 Å². The summed E-state index contributed by atoms with van der Waals surface area (Å²) in [6.45, 7) is 2.03. The van der Waals surface area contributed by atoms with Gasteiger partial charge in [0.05, 0.1) is 15.7 Å². The number of H-pyrrole nitrogens is 1. The molecule has 26 heavy (non-hydrogen) atoms. The van der Waals surface area contributed by atoms with Gasteiger partial charge in [-0.3, -0.25) is 0 Å². The molecule has 0 atom stereocenters. The van der Waals surface area contributed by atoms with Gasteiger partial charge in [-0.05, 0) is 55.0 Å². The van der Waals surface area contributed by atoms with E-state index in [0.717, 1.165) is 10.2 Å². The van der Waals surface area contributed by atoms with Crippen LogP contribution in [0.3, 0.4) is 0 Å². The summed E-state index contributed by atoms with van der Waals surface area (Å²) in [6, 6.07) is 11.2. The molecule has 0 saturated carbocycles. The highest BCUT2D eigenvalue weighted by Crippen LogP contribution is 2.36. The third-order valence-corrected chi connectivity index (χ3v) is 5.07. The van der Waals surface area contributed by atoms with Gasteiger partial charge >= 0.3 is 0 Å². The van der Waals surface area contributed by atoms with Crippen molar-refractivity contribution in [3.8, 4) is 5.88 Å². The Morgan fingerprint density at radius 3 is 3.00 bits per heavy atom. The van der Waals surface area contributed by atoms with Gasteiger partial charge < -0.3 is 15.4 Å². The number of thiazole rings is 1. The zero-order valence-electron chi connectivity index (χ0n) is 13.4. The molecule has 0 spiro atoms. The highest BCUT2D eigenvalue weighted by atomic mass is 35.5. The van der Waals surface area contributed by atoms with Crippen LogP contribution in [0.2, 0.25) is 5.02 Å². The number of aromatic amines is 1. The van der Waals surface area contributed by atoms with Crippen molar-refractivity contribution in [3.63, 3.8) is 0 Å². The molecule has 0 radical (unpaired) electrons. The van der Waals surface area contributed by atoms with E-state index in [1.54, 1.807) is 18.2 Å². The van der Waals surface area contributed by atoms with E-state index in [1.165, 1.54) is 16.9 Å². The molecule has 0 bridgehead atoms. The SMILES string of the molecule is Cc1ccc2nc(NC(=S)N=Nc3c(O)[nH]c4ccc(Cl)cc34)sc2c1. The molecule has 0 aliphatic heterocycles. The molecule has 2 aromatic heterocycles. The van der Waals surface area contributed by atoms with E-state index in [9.17, 15) is 5.11 Å². The number of fused-ring (bicyclic) bond motifs is 2. The first-order valence-corrected chi connectivity index (χ1v) is 9.20. The zero-order valence-corrected chi connectivity index (χ0v) is 15.8. The monoisotopic (exact) mass is 401 g/mol. The minimum Gasteiger partial charge on any atom is -0.493 e. The zero-order chi connectivity index (χ0) is 18.3. The van der Waals surface area contributed by atoms with Gasteiger partial charge in [0.15, 0.2) is 10.8 Å². The minimum absolute atomic E-state index is 0.0933. The van der Waals surface area contributed by atoms with Gasteiger partial charge in [0, 0.05) is 10.4 Å². The lowest BCUT2D eigenvalue weighted by Crippen LogP contribution is -2.04. The van der Waals surface area contributed by atoms with Gasteiger partial charge in [-0.25, -0.2) is 4.98 Å². The predicted octanol–water partition coefficient (Wildman–Crippen LogP) is 5.93. The summed E-state index contributed by atoms with van der Waals surface area (Å²) < 4.78 is 1.07. The maximum Gasteiger partial charge on any atom is 0.220 e. The standard InChI is InChI=1S/C17H12ClN5OS2/c1-8-2-4-12-13(6-8)26-17(20-12)21-16(25)23-22-14-10-7-9(18)3-5-11(10)19-15(14)24/h2-7,19,24H,1H3,(H,20,21,25). The Balaban J connectivity index is 1.57. The number of hydrogen-bond acceptors (Lipinski definition) is 5. The second-order valence-electron chi connectivity index (χ2n) is 5.63. The molecule has 0 unspecified atom stereocenters. The number of aromatic nitrogens is 2. The van der Waals surface area contributed by atoms with Gasteiger partial charge in [0.25, 0.3) is 0 Å². The van der Waals surface area contributed by atoms with Crippen LogP contribution in [0, 0.1) is 6.92 Å². The Kier molecular flexibility index (Phi) is 4.31. The van der Waals surface area contributed by atoms with E-state index in [4.69, 9.17) is 23.8 Å². The van der Waals surface area contributed by atoms with Crippen molar-refractivity contribution in [1.29, 1.82) is 0 Å². The predicted molar refractivity (Wildman–Crippen MR) is 110 cm³/mol. The van der Waals surface area contributed by atoms with Crippen molar-refractivity contribution in [2.45, 2.75) is 6.92 Å². The lowest BCUT2D eigenvalue weighted by atomic mass is 10.2. The topological polar surface area (TPSA) is 85.7 Å². The fraction of sp³-hybridized carbons (Fsp3) is 0.0588. The lowest BCUT2D eigenvalue weighted by molar-refractivity contribution is 0.459. The second-order valence-corrected chi connectivity index (χ2v) is 7.49. The van der Waals surface area contributed by atoms with Crippen LogP contribution in [0.5, 0.6) is 5.88 Å². The van der Waals surface area contributed by atoms with Gasteiger partial charge in [-0.2, -0.15) is 0 Å². The normalized spacial score (nSPS) is 11.6. The first kappa shape index (κ1) is 16.9. The summed E-state index contributed by atoms with van der Waals surface area (Å²) in [4.78, 5) is 7.28. The molecular weight excluding hydrogens is 390 g/mol. The minimum atomic E-state index is -0.0933. The van der Waals surface area contributed by atoms with Crippen LogP contribution in [0.1, 0.15) is 5.56 Å². The highest BCUT2D eigenvalue weighted by molar-refractivity contribution is 7.80. The molecule has 6 nitrogen and oxygen atoms in total. The molecule has 0 aliphatic rings. The number of aryl methyl sites for hydroxylation is 1. The average Bonchev–Trinajstić information content (AvgIpc) is 3.12. The Morgan fingerprint density at radius 1 is 1.31 bits per heavy atom. The lowest BCUT2D eigenvalue weighted by Gasteiger charge is -1.97. The average molecular weight is 402 g/mol. The third kappa shape index (κ3) is 3.26. The number of nitrogens with zero attached hydrogens (tertiary/aromatic N) is 3. The summed E-state index contributed by atoms with van der Waals surface area (Å²) in [6.07, 6.45) is 0. The number of hydrogen-bond donors (Lipinski definition) is 3. The van der Waals surface area contributed by atoms with Crippen LogP contribution in [-0.2, 0) is 0 Å². The first-order valence-electron chi connectivity index (χ1n) is 7.60. The van der Waals surface area contributed by atoms with Crippen molar-refractivity contribution in [2.75, 3.05) is 5.32 Å². The second kappa shape index (κ2) is 6.64. The fourth-order valence-electron chi connectivity index (χ4n) is 2.53. The largest absolute Gasteiger partial charge is 0.493 e. The molecule has 2 heterocycles. The Morgan fingerprint density at radius 2 is 2.15 bits per heavy atom. The maximum absolute atomic E-state index is 10.0. The van der Waals surface area contributed by atoms with Crippen LogP contribution in [-0.4, -0.2) is 20.2 Å². The van der Waals surface area contributed by atoms with E-state index in [2.05, 4.69) is 31.6 Å². The smallest absolute Gasteiger partial charge is 0.220 e. The maximum atomic E-state index is 10.0. The van der Waals surface area contributed by atoms with Crippen molar-refractivity contribution in [2.24, 2.45) is 10.2 Å². The van der Waals surface area contributed by atoms with Crippen molar-refractivity contribution >= 4 is 72.2 Å². The first-order chi connectivity index (χ1) is 12.5. The van der Waals surface area contributed by atoms with E-state index in [0.29, 0.717) is 21.1 Å². The number of anilines is 1. The van der Waals surface area contributed by atoms with Gasteiger partial charge in [0.2, 0.25) is 11.0 Å². The van der Waals surface area contributed by atoms with Gasteiger partial charge in [-0.1, -0.05) is 29.0 Å². The molecule has 0 amide bonds. The van der Waals surface area contributed by atoms with Crippen LogP contribution in [0.25, 0.3) is 21.1 Å². The van der Waals surface area contributed by atoms with Crippen molar-refractivity contribution < 1.29 is 5.11 Å². The molecule has 4 aromatic rings. The van der Waals surface area contributed by atoms with Crippen LogP contribution < -0.4 is 5.32 Å². The molecule has 4 rings (SSSR count). The quantitative estimate of drug-likeness (QED) is 0.287. The van der Waals surface area contributed by atoms with Crippen LogP contribution >= 0.6 is 35.2 Å². The molecule has 0 fully saturated rings. The highest BCUT2D eigenvalue weighted by Gasteiger charge is 2.11. The Bertz CT molecular complexity index is 1180. The van der Waals surface area contributed by atoms with Crippen LogP contribution in [0.15, 0.2) is 46.6 Å². The molecule has 0 aliphatic carbocycles. The van der Waals surface area contributed by atoms with E-state index >= 15 is 0 Å². The number of thiocarbonyl (C=S) groups is 1. The van der Waals surface area contributed by atoms with E-state index < -0.39 is 0 Å². The molecule has 130 valence electrons. The molecule has 0 saturated heterocycles. The van der Waals surface area contributed by atoms with Crippen molar-refractivity contribution in [1.82, 2.24) is 9.97 Å². The Labute approximate surface area is 162 Å². The molecule has 2 aromatic carbocycles. The summed E-state index contributed by atoms with van der Waals surface area (Å²) in [5.74, 6) is -0.0933. The number of rotatable bonds is 2. The molecule has 3 N–H and O–H groups in total. The van der Waals surface area contributed by atoms with E-state index in [1.807, 2.05) is 19.1 Å². The number of aromatic hydroxyl groups is 1. The summed E-state index contributed by atoms with van der Waals surface area (Å²) >= 11 is 12.7. The fourth-order valence-corrected chi connectivity index (χ4v) is 3.87. The summed E-state index contributed by atoms with van der Waals surface area (Å²) in [5.41, 5.74) is 3.06. The van der Waals surface area contributed by atoms with Gasteiger partial charge in [-0.15, -0.1) is 10.2 Å². The number of halogens is 1. The molecule has 9 heteroatoms. The summed E-state index contributed by atoms with van der Waals surface area (Å²) in [5, 5.41) is 23.0. The molecular formula is C17H12ClN5OS2. The third-order valence-electron chi connectivity index (χ3n) is 3.71. The summed E-state index contributed by atoms with van der Waals surface area (Å²) in [7, 11) is 0. The number of nitrogens with one attached hydrogen (secondary N) is 2. The van der Waals surface area contributed by atoms with Gasteiger partial charge in [0.1, 0.15) is 0 Å². The number of azo groups is 1.